The molecular weight excluding hydrogens is 432 g/mol. The van der Waals surface area contributed by atoms with Crippen LogP contribution in [0.5, 0.6) is 5.75 Å². The van der Waals surface area contributed by atoms with Crippen LogP contribution in [-0.4, -0.2) is 36.2 Å². The largest absolute Gasteiger partial charge is 0.506 e. The number of benzene rings is 2. The van der Waals surface area contributed by atoms with Gasteiger partial charge in [-0.25, -0.2) is 14.6 Å². The summed E-state index contributed by atoms with van der Waals surface area (Å²) in [6.45, 7) is 0. The second kappa shape index (κ2) is 9.87. The Labute approximate surface area is 196 Å². The lowest BCUT2D eigenvalue weighted by Gasteiger charge is -2.24. The monoisotopic (exact) mass is 454 g/mol. The maximum Gasteiger partial charge on any atom is 0.355 e. The number of pyridine rings is 1. The smallest absolute Gasteiger partial charge is 0.355 e. The molecule has 1 aliphatic heterocycles. The molecular formula is C27H22N2O5. The number of hydrogen-bond donors (Lipinski definition) is 1. The first kappa shape index (κ1) is 22.5. The van der Waals surface area contributed by atoms with Crippen LogP contribution in [0.2, 0.25) is 0 Å². The lowest BCUT2D eigenvalue weighted by Crippen LogP contribution is -2.27. The van der Waals surface area contributed by atoms with Crippen LogP contribution >= 0.6 is 0 Å². The zero-order chi connectivity index (χ0) is 24.1. The van der Waals surface area contributed by atoms with Gasteiger partial charge in [0.2, 0.25) is 0 Å². The van der Waals surface area contributed by atoms with E-state index in [1.165, 1.54) is 20.3 Å². The number of aromatic nitrogens is 1. The maximum atomic E-state index is 12.7. The molecule has 0 atom stereocenters. The number of methoxy groups -OCH3 is 2. The molecule has 0 saturated heterocycles. The summed E-state index contributed by atoms with van der Waals surface area (Å²) in [5.74, 6) is -1.22. The minimum atomic E-state index is -0.679. The number of allylic oxidation sites excluding steroid dienone is 2. The number of anilines is 1. The first-order valence-electron chi connectivity index (χ1n) is 10.4. The van der Waals surface area contributed by atoms with Crippen molar-refractivity contribution in [1.82, 2.24) is 4.98 Å². The number of phenolic OH excluding ortho intramolecular Hbond substituents is 1. The maximum absolute atomic E-state index is 12.7. The van der Waals surface area contributed by atoms with Gasteiger partial charge in [-0.2, -0.15) is 0 Å². The second-order valence-electron chi connectivity index (χ2n) is 7.29. The van der Waals surface area contributed by atoms with Gasteiger partial charge >= 0.3 is 11.9 Å². The van der Waals surface area contributed by atoms with E-state index in [0.29, 0.717) is 16.9 Å². The van der Waals surface area contributed by atoms with Crippen molar-refractivity contribution >= 4 is 40.7 Å². The topological polar surface area (TPSA) is 89.0 Å². The number of hydrogen-bond acceptors (Lipinski definition) is 7. The van der Waals surface area contributed by atoms with Crippen molar-refractivity contribution in [2.45, 2.75) is 0 Å². The Morgan fingerprint density at radius 2 is 1.71 bits per heavy atom. The zero-order valence-electron chi connectivity index (χ0n) is 18.6. The van der Waals surface area contributed by atoms with E-state index in [2.05, 4.69) is 4.98 Å². The first-order chi connectivity index (χ1) is 16.5. The van der Waals surface area contributed by atoms with E-state index in [1.807, 2.05) is 54.6 Å². The quantitative estimate of drug-likeness (QED) is 0.564. The lowest BCUT2D eigenvalue weighted by atomic mass is 10.1. The lowest BCUT2D eigenvalue weighted by molar-refractivity contribution is -0.139. The van der Waals surface area contributed by atoms with E-state index in [9.17, 15) is 14.7 Å². The molecule has 7 heteroatoms. The van der Waals surface area contributed by atoms with Gasteiger partial charge in [-0.1, -0.05) is 48.6 Å². The van der Waals surface area contributed by atoms with E-state index in [1.54, 1.807) is 35.4 Å². The third-order valence-corrected chi connectivity index (χ3v) is 5.24. The molecule has 0 bridgehead atoms. The fraction of sp³-hybridized carbons (Fsp3) is 0.0741. The normalized spacial score (nSPS) is 13.4. The molecule has 0 fully saturated rings. The van der Waals surface area contributed by atoms with Crippen LogP contribution < -0.4 is 4.90 Å². The molecule has 0 unspecified atom stereocenters. The molecule has 4 rings (SSSR count). The van der Waals surface area contributed by atoms with Gasteiger partial charge < -0.3 is 19.5 Å². The molecule has 0 saturated carbocycles. The number of fused-ring (bicyclic) bond motifs is 1. The molecule has 0 amide bonds. The summed E-state index contributed by atoms with van der Waals surface area (Å²) in [4.78, 5) is 31.3. The van der Waals surface area contributed by atoms with Crippen molar-refractivity contribution in [3.8, 4) is 5.75 Å². The Morgan fingerprint density at radius 3 is 2.50 bits per heavy atom. The van der Waals surface area contributed by atoms with Gasteiger partial charge in [-0.3, -0.25) is 0 Å². The van der Waals surface area contributed by atoms with Crippen LogP contribution in [0.15, 0.2) is 90.3 Å². The molecule has 1 N–H and O–H groups in total. The van der Waals surface area contributed by atoms with E-state index >= 15 is 0 Å². The van der Waals surface area contributed by atoms with Crippen molar-refractivity contribution in [3.63, 3.8) is 0 Å². The highest BCUT2D eigenvalue weighted by Gasteiger charge is 2.28. The minimum Gasteiger partial charge on any atom is -0.506 e. The van der Waals surface area contributed by atoms with Crippen LogP contribution in [0.1, 0.15) is 11.3 Å². The molecule has 2 heterocycles. The van der Waals surface area contributed by atoms with Gasteiger partial charge in [0.05, 0.1) is 31.2 Å². The average molecular weight is 454 g/mol. The molecule has 7 nitrogen and oxygen atoms in total. The molecule has 170 valence electrons. The van der Waals surface area contributed by atoms with Crippen LogP contribution in [-0.2, 0) is 19.1 Å². The predicted molar refractivity (Wildman–Crippen MR) is 131 cm³/mol. The van der Waals surface area contributed by atoms with Crippen molar-refractivity contribution < 1.29 is 24.2 Å². The Bertz CT molecular complexity index is 1380. The average Bonchev–Trinajstić information content (AvgIpc) is 3.10. The van der Waals surface area contributed by atoms with Crippen molar-refractivity contribution in [1.29, 1.82) is 0 Å². The first-order valence-corrected chi connectivity index (χ1v) is 10.4. The van der Waals surface area contributed by atoms with E-state index in [4.69, 9.17) is 9.47 Å². The number of carbonyl (C=O) groups excluding carboxylic acids is 2. The highest BCUT2D eigenvalue weighted by Crippen LogP contribution is 2.30. The molecule has 0 spiro atoms. The second-order valence-corrected chi connectivity index (χ2v) is 7.29. The molecule has 1 aliphatic rings. The Kier molecular flexibility index (Phi) is 6.54. The molecule has 1 aromatic heterocycles. The summed E-state index contributed by atoms with van der Waals surface area (Å²) in [5.41, 5.74) is 2.68. The summed E-state index contributed by atoms with van der Waals surface area (Å²) < 4.78 is 9.86. The molecule has 0 radical (unpaired) electrons. The van der Waals surface area contributed by atoms with Crippen molar-refractivity contribution in [3.05, 3.63) is 102 Å². The third-order valence-electron chi connectivity index (χ3n) is 5.24. The van der Waals surface area contributed by atoms with Gasteiger partial charge in [-0.15, -0.1) is 0 Å². The summed E-state index contributed by atoms with van der Waals surface area (Å²) in [5, 5.41) is 11.0. The van der Waals surface area contributed by atoms with Gasteiger partial charge in [0.15, 0.2) is 0 Å². The van der Waals surface area contributed by atoms with Gasteiger partial charge in [0.1, 0.15) is 17.0 Å². The van der Waals surface area contributed by atoms with Gasteiger partial charge in [-0.05, 0) is 42.0 Å². The number of phenols is 1. The van der Waals surface area contributed by atoms with Gasteiger partial charge in [0.25, 0.3) is 0 Å². The van der Waals surface area contributed by atoms with E-state index in [0.717, 1.165) is 10.9 Å². The van der Waals surface area contributed by atoms with Gasteiger partial charge in [0, 0.05) is 11.6 Å². The SMILES string of the molecule is COC(=O)C1=C(C(=O)OC)N(c2ccccc2C=Cc2ccc3cccc(O)c3n2)C=CC=C1. The van der Waals surface area contributed by atoms with Crippen LogP contribution in [0, 0.1) is 0 Å². The number of aromatic hydroxyl groups is 1. The highest BCUT2D eigenvalue weighted by molar-refractivity contribution is 6.06. The third kappa shape index (κ3) is 4.45. The summed E-state index contributed by atoms with van der Waals surface area (Å²) in [7, 11) is 2.51. The van der Waals surface area contributed by atoms with E-state index in [-0.39, 0.29) is 17.0 Å². The Balaban J connectivity index is 1.79. The number of nitrogens with zero attached hydrogens (tertiary/aromatic N) is 2. The van der Waals surface area contributed by atoms with Crippen molar-refractivity contribution in [2.75, 3.05) is 19.1 Å². The number of ether oxygens (including phenoxy) is 2. The number of para-hydroxylation sites is 2. The predicted octanol–water partition coefficient (Wildman–Crippen LogP) is 4.60. The van der Waals surface area contributed by atoms with Crippen molar-refractivity contribution in [2.24, 2.45) is 0 Å². The zero-order valence-corrected chi connectivity index (χ0v) is 18.6. The van der Waals surface area contributed by atoms with Crippen LogP contribution in [0.3, 0.4) is 0 Å². The fourth-order valence-corrected chi connectivity index (χ4v) is 3.61. The number of carbonyl (C=O) groups is 2. The minimum absolute atomic E-state index is 0.0361. The molecule has 34 heavy (non-hydrogen) atoms. The summed E-state index contributed by atoms with van der Waals surface area (Å²) in [6.07, 6.45) is 10.2. The summed E-state index contributed by atoms with van der Waals surface area (Å²) in [6, 6.07) is 16.4. The number of esters is 2. The van der Waals surface area contributed by atoms with Crippen LogP contribution in [0.25, 0.3) is 23.1 Å². The van der Waals surface area contributed by atoms with E-state index < -0.39 is 11.9 Å². The number of rotatable bonds is 5. The molecule has 3 aromatic rings. The van der Waals surface area contributed by atoms with Crippen LogP contribution in [0.4, 0.5) is 5.69 Å². The Morgan fingerprint density at radius 1 is 0.912 bits per heavy atom. The molecule has 0 aliphatic carbocycles. The Hall–Kier alpha value is -4.65. The molecule has 2 aromatic carbocycles. The fourth-order valence-electron chi connectivity index (χ4n) is 3.61. The summed E-state index contributed by atoms with van der Waals surface area (Å²) >= 11 is 0. The standard InChI is InChI=1S/C27H22N2O5/c1-33-26(31)21-10-5-6-17-29(25(21)27(32)34-2)22-11-4-3-8-18(22)13-15-20-16-14-19-9-7-12-23(30)24(19)28-20/h3-17,30H,1-2H3. The highest BCUT2D eigenvalue weighted by atomic mass is 16.5.